The van der Waals surface area contributed by atoms with Gasteiger partial charge in [-0.25, -0.2) is 8.42 Å². The van der Waals surface area contributed by atoms with E-state index in [1.54, 1.807) is 0 Å². The van der Waals surface area contributed by atoms with Gasteiger partial charge in [0.05, 0.1) is 11.3 Å². The quantitative estimate of drug-likeness (QED) is 0.837. The summed E-state index contributed by atoms with van der Waals surface area (Å²) >= 11 is 0. The van der Waals surface area contributed by atoms with Gasteiger partial charge >= 0.3 is 11.9 Å². The van der Waals surface area contributed by atoms with E-state index in [1.807, 2.05) is 0 Å². The van der Waals surface area contributed by atoms with Gasteiger partial charge in [-0.1, -0.05) is 0 Å². The van der Waals surface area contributed by atoms with Crippen molar-refractivity contribution in [2.24, 2.45) is 5.73 Å². The molecule has 1 rings (SSSR count). The lowest BCUT2D eigenvalue weighted by Gasteiger charge is -2.14. The molecule has 0 spiro atoms. The van der Waals surface area contributed by atoms with Crippen LogP contribution in [0.3, 0.4) is 0 Å². The van der Waals surface area contributed by atoms with E-state index < -0.39 is 39.8 Å². The fourth-order valence-electron chi connectivity index (χ4n) is 1.24. The first kappa shape index (κ1) is 15.6. The zero-order valence-corrected chi connectivity index (χ0v) is 10.0. The molecule has 19 heavy (non-hydrogen) atoms. The summed E-state index contributed by atoms with van der Waals surface area (Å²) in [6.45, 7) is -0.439. The normalized spacial score (nSPS) is 12.8. The van der Waals surface area contributed by atoms with Gasteiger partial charge in [0, 0.05) is 6.54 Å². The Labute approximate surface area is 105 Å². The molecule has 0 unspecified atom stereocenters. The summed E-state index contributed by atoms with van der Waals surface area (Å²) in [6, 6.07) is 1.91. The monoisotopic (exact) mass is 304 g/mol. The Bertz CT molecular complexity index is 556. The SMILES string of the molecule is NCc1cc(C(F)(F)F)ccc1NS(=O)(=O)C(F)F. The van der Waals surface area contributed by atoms with Gasteiger partial charge in [0.1, 0.15) is 0 Å². The Kier molecular flexibility index (Phi) is 4.35. The first-order chi connectivity index (χ1) is 8.58. The molecule has 108 valence electrons. The molecule has 0 bridgehead atoms. The molecule has 0 amide bonds. The van der Waals surface area contributed by atoms with Crippen LogP contribution < -0.4 is 10.5 Å². The first-order valence-electron chi connectivity index (χ1n) is 4.78. The van der Waals surface area contributed by atoms with Crippen molar-refractivity contribution in [1.29, 1.82) is 0 Å². The maximum absolute atomic E-state index is 12.4. The number of hydrogen-bond donors (Lipinski definition) is 2. The Morgan fingerprint density at radius 2 is 1.84 bits per heavy atom. The average molecular weight is 304 g/mol. The van der Waals surface area contributed by atoms with Gasteiger partial charge in [0.2, 0.25) is 0 Å². The van der Waals surface area contributed by atoms with Crippen LogP contribution in [0.4, 0.5) is 27.6 Å². The molecule has 0 heterocycles. The lowest BCUT2D eigenvalue weighted by molar-refractivity contribution is -0.137. The molecule has 3 N–H and O–H groups in total. The van der Waals surface area contributed by atoms with Crippen LogP contribution in [0, 0.1) is 0 Å². The summed E-state index contributed by atoms with van der Waals surface area (Å²) in [4.78, 5) is 0. The number of anilines is 1. The van der Waals surface area contributed by atoms with Crippen molar-refractivity contribution in [3.05, 3.63) is 29.3 Å². The van der Waals surface area contributed by atoms with Gasteiger partial charge in [-0.2, -0.15) is 22.0 Å². The molecule has 0 fully saturated rings. The molecule has 1 aromatic carbocycles. The number of hydrogen-bond acceptors (Lipinski definition) is 3. The second-order valence-electron chi connectivity index (χ2n) is 3.48. The molecule has 0 aliphatic rings. The Hall–Kier alpha value is -1.42. The van der Waals surface area contributed by atoms with Crippen LogP contribution in [0.5, 0.6) is 0 Å². The molecule has 0 saturated heterocycles. The average Bonchev–Trinajstić information content (AvgIpc) is 2.27. The standard InChI is InChI=1S/C9H9F5N2O2S/c10-8(11)19(17,18)16-7-2-1-6(9(12,13)14)3-5(7)4-15/h1-3,8,16H,4,15H2. The summed E-state index contributed by atoms with van der Waals surface area (Å²) in [5, 5.41) is 0. The first-order valence-corrected chi connectivity index (χ1v) is 6.32. The summed E-state index contributed by atoms with van der Waals surface area (Å²) in [6.07, 6.45) is -4.63. The van der Waals surface area contributed by atoms with E-state index in [0.29, 0.717) is 12.1 Å². The highest BCUT2D eigenvalue weighted by Crippen LogP contribution is 2.32. The van der Waals surface area contributed by atoms with Crippen LogP contribution in [-0.2, 0) is 22.7 Å². The van der Waals surface area contributed by atoms with E-state index in [2.05, 4.69) is 0 Å². The van der Waals surface area contributed by atoms with Gasteiger partial charge in [0.15, 0.2) is 0 Å². The minimum atomic E-state index is -4.95. The zero-order valence-electron chi connectivity index (χ0n) is 9.21. The number of nitrogens with one attached hydrogen (secondary N) is 1. The highest BCUT2D eigenvalue weighted by atomic mass is 32.2. The van der Waals surface area contributed by atoms with E-state index in [-0.39, 0.29) is 5.56 Å². The topological polar surface area (TPSA) is 72.2 Å². The van der Waals surface area contributed by atoms with Gasteiger partial charge in [0.25, 0.3) is 10.0 Å². The smallest absolute Gasteiger partial charge is 0.326 e. The van der Waals surface area contributed by atoms with Crippen LogP contribution >= 0.6 is 0 Å². The van der Waals surface area contributed by atoms with Crippen LogP contribution in [0.15, 0.2) is 18.2 Å². The van der Waals surface area contributed by atoms with Crippen molar-refractivity contribution < 1.29 is 30.4 Å². The van der Waals surface area contributed by atoms with Gasteiger partial charge in [-0.15, -0.1) is 0 Å². The minimum Gasteiger partial charge on any atom is -0.326 e. The lowest BCUT2D eigenvalue weighted by Crippen LogP contribution is -2.22. The summed E-state index contributed by atoms with van der Waals surface area (Å²) in [7, 11) is -4.95. The molecule has 0 atom stereocenters. The third-order valence-electron chi connectivity index (χ3n) is 2.14. The fourth-order valence-corrected chi connectivity index (χ4v) is 1.83. The minimum absolute atomic E-state index is 0.237. The second-order valence-corrected chi connectivity index (χ2v) is 5.13. The van der Waals surface area contributed by atoms with E-state index >= 15 is 0 Å². The van der Waals surface area contributed by atoms with E-state index in [0.717, 1.165) is 6.07 Å². The number of rotatable bonds is 4. The van der Waals surface area contributed by atoms with E-state index in [1.165, 1.54) is 4.72 Å². The van der Waals surface area contributed by atoms with Crippen molar-refractivity contribution in [2.45, 2.75) is 18.5 Å². The van der Waals surface area contributed by atoms with Crippen molar-refractivity contribution in [3.63, 3.8) is 0 Å². The molecule has 10 heteroatoms. The highest BCUT2D eigenvalue weighted by Gasteiger charge is 2.31. The molecule has 0 aliphatic carbocycles. The highest BCUT2D eigenvalue weighted by molar-refractivity contribution is 7.93. The molecule has 0 aromatic heterocycles. The number of alkyl halides is 5. The van der Waals surface area contributed by atoms with Gasteiger partial charge in [-0.05, 0) is 23.8 Å². The summed E-state index contributed by atoms with van der Waals surface area (Å²) in [5.74, 6) is -3.69. The van der Waals surface area contributed by atoms with Crippen molar-refractivity contribution in [3.8, 4) is 0 Å². The lowest BCUT2D eigenvalue weighted by atomic mass is 10.1. The largest absolute Gasteiger partial charge is 0.416 e. The summed E-state index contributed by atoms with van der Waals surface area (Å²) < 4.78 is 84.8. The molecule has 4 nitrogen and oxygen atoms in total. The summed E-state index contributed by atoms with van der Waals surface area (Å²) in [5.41, 5.74) is 3.48. The predicted molar refractivity (Wildman–Crippen MR) is 57.9 cm³/mol. The molecule has 0 aliphatic heterocycles. The molecule has 0 saturated carbocycles. The number of benzene rings is 1. The van der Waals surface area contributed by atoms with Crippen LogP contribution in [-0.4, -0.2) is 14.2 Å². The molecular weight excluding hydrogens is 295 g/mol. The van der Waals surface area contributed by atoms with Crippen LogP contribution in [0.1, 0.15) is 11.1 Å². The molecule has 1 aromatic rings. The van der Waals surface area contributed by atoms with E-state index in [9.17, 15) is 30.4 Å². The fraction of sp³-hybridized carbons (Fsp3) is 0.333. The maximum Gasteiger partial charge on any atom is 0.416 e. The Morgan fingerprint density at radius 3 is 2.26 bits per heavy atom. The number of sulfonamides is 1. The Balaban J connectivity index is 3.18. The van der Waals surface area contributed by atoms with Gasteiger partial charge < -0.3 is 5.73 Å². The zero-order chi connectivity index (χ0) is 14.8. The van der Waals surface area contributed by atoms with Crippen LogP contribution in [0.25, 0.3) is 0 Å². The maximum atomic E-state index is 12.4. The van der Waals surface area contributed by atoms with E-state index in [4.69, 9.17) is 5.73 Å². The third-order valence-corrected chi connectivity index (χ3v) is 3.11. The number of nitrogens with two attached hydrogens (primary N) is 1. The van der Waals surface area contributed by atoms with Crippen LogP contribution in [0.2, 0.25) is 0 Å². The third kappa shape index (κ3) is 3.77. The number of halogens is 5. The van der Waals surface area contributed by atoms with Crippen molar-refractivity contribution in [1.82, 2.24) is 0 Å². The Morgan fingerprint density at radius 1 is 1.26 bits per heavy atom. The molecular formula is C9H9F5N2O2S. The molecule has 0 radical (unpaired) electrons. The predicted octanol–water partition coefficient (Wildman–Crippen LogP) is 2.13. The second kappa shape index (κ2) is 5.29. The van der Waals surface area contributed by atoms with Gasteiger partial charge in [-0.3, -0.25) is 4.72 Å². The van der Waals surface area contributed by atoms with Crippen molar-refractivity contribution in [2.75, 3.05) is 4.72 Å². The van der Waals surface area contributed by atoms with Crippen molar-refractivity contribution >= 4 is 15.7 Å².